The fourth-order valence-corrected chi connectivity index (χ4v) is 2.74. The van der Waals surface area contributed by atoms with E-state index in [0.29, 0.717) is 6.42 Å². The van der Waals surface area contributed by atoms with Crippen LogP contribution in [0.5, 0.6) is 0 Å². The van der Waals surface area contributed by atoms with Gasteiger partial charge in [0.2, 0.25) is 0 Å². The van der Waals surface area contributed by atoms with Crippen molar-refractivity contribution in [2.24, 2.45) is 11.1 Å². The fourth-order valence-electron chi connectivity index (χ4n) is 2.74. The summed E-state index contributed by atoms with van der Waals surface area (Å²) in [6, 6.07) is 6.19. The van der Waals surface area contributed by atoms with Crippen LogP contribution in [0.3, 0.4) is 0 Å². The lowest BCUT2D eigenvalue weighted by atomic mass is 9.82. The second kappa shape index (κ2) is 5.33. The van der Waals surface area contributed by atoms with Gasteiger partial charge in [0.15, 0.2) is 0 Å². The number of aryl methyl sites for hydroxylation is 2. The molecule has 0 aliphatic heterocycles. The highest BCUT2D eigenvalue weighted by molar-refractivity contribution is 5.73. The highest BCUT2D eigenvalue weighted by Gasteiger charge is 2.30. The zero-order valence-corrected chi connectivity index (χ0v) is 11.8. The molecule has 0 spiro atoms. The van der Waals surface area contributed by atoms with Gasteiger partial charge in [-0.2, -0.15) is 0 Å². The first kappa shape index (κ1) is 14.1. The van der Waals surface area contributed by atoms with Crippen molar-refractivity contribution in [3.63, 3.8) is 0 Å². The molecule has 3 nitrogen and oxygen atoms in total. The van der Waals surface area contributed by atoms with E-state index >= 15 is 0 Å². The molecule has 0 aromatic heterocycles. The van der Waals surface area contributed by atoms with E-state index in [2.05, 4.69) is 18.2 Å². The first-order valence-electron chi connectivity index (χ1n) is 7.01. The molecule has 0 bridgehead atoms. The third-order valence-electron chi connectivity index (χ3n) is 4.11. The summed E-state index contributed by atoms with van der Waals surface area (Å²) in [7, 11) is 0. The second-order valence-electron chi connectivity index (χ2n) is 6.23. The van der Waals surface area contributed by atoms with Crippen LogP contribution in [-0.4, -0.2) is 11.1 Å². The zero-order valence-electron chi connectivity index (χ0n) is 11.8. The average molecular weight is 261 g/mol. The molecule has 0 amide bonds. The van der Waals surface area contributed by atoms with Crippen molar-refractivity contribution in [1.29, 1.82) is 0 Å². The molecular formula is C16H23NO2. The van der Waals surface area contributed by atoms with E-state index in [4.69, 9.17) is 5.73 Å². The third kappa shape index (κ3) is 3.16. The van der Waals surface area contributed by atoms with Crippen LogP contribution < -0.4 is 5.73 Å². The summed E-state index contributed by atoms with van der Waals surface area (Å²) in [6.07, 6.45) is 5.25. The molecule has 1 aromatic carbocycles. The predicted octanol–water partition coefficient (Wildman–Crippen LogP) is 3.07. The van der Waals surface area contributed by atoms with E-state index in [0.717, 1.165) is 18.4 Å². The Labute approximate surface area is 114 Å². The quantitative estimate of drug-likeness (QED) is 0.875. The fraction of sp³-hybridized carbons (Fsp3) is 0.562. The SMILES string of the molecule is CC(C)(CC(N)c1ccc2c(c1)CCCC2)C(=O)O. The van der Waals surface area contributed by atoms with Crippen LogP contribution in [0.2, 0.25) is 0 Å². The second-order valence-corrected chi connectivity index (χ2v) is 6.23. The van der Waals surface area contributed by atoms with Gasteiger partial charge >= 0.3 is 5.97 Å². The molecule has 0 heterocycles. The van der Waals surface area contributed by atoms with E-state index < -0.39 is 11.4 Å². The molecular weight excluding hydrogens is 238 g/mol. The number of hydrogen-bond donors (Lipinski definition) is 2. The molecule has 1 unspecified atom stereocenters. The molecule has 0 radical (unpaired) electrons. The molecule has 1 aliphatic carbocycles. The predicted molar refractivity (Wildman–Crippen MR) is 76.0 cm³/mol. The van der Waals surface area contributed by atoms with Gasteiger partial charge in [-0.1, -0.05) is 18.2 Å². The molecule has 0 fully saturated rings. The van der Waals surface area contributed by atoms with Crippen LogP contribution in [-0.2, 0) is 17.6 Å². The Balaban J connectivity index is 2.15. The zero-order chi connectivity index (χ0) is 14.0. The molecule has 2 rings (SSSR count). The topological polar surface area (TPSA) is 63.3 Å². The summed E-state index contributed by atoms with van der Waals surface area (Å²) >= 11 is 0. The van der Waals surface area contributed by atoms with Crippen LogP contribution >= 0.6 is 0 Å². The molecule has 1 aliphatic rings. The minimum Gasteiger partial charge on any atom is -0.481 e. The molecule has 0 saturated heterocycles. The lowest BCUT2D eigenvalue weighted by molar-refractivity contribution is -0.147. The Kier molecular flexibility index (Phi) is 3.95. The van der Waals surface area contributed by atoms with Crippen LogP contribution in [0.1, 0.15) is 55.8 Å². The summed E-state index contributed by atoms with van der Waals surface area (Å²) in [6.45, 7) is 3.46. The number of nitrogens with two attached hydrogens (primary N) is 1. The van der Waals surface area contributed by atoms with E-state index in [-0.39, 0.29) is 6.04 Å². The van der Waals surface area contributed by atoms with Crippen molar-refractivity contribution < 1.29 is 9.90 Å². The van der Waals surface area contributed by atoms with Crippen molar-refractivity contribution in [3.05, 3.63) is 34.9 Å². The molecule has 19 heavy (non-hydrogen) atoms. The Morgan fingerprint density at radius 2 is 1.95 bits per heavy atom. The van der Waals surface area contributed by atoms with Crippen molar-refractivity contribution in [3.8, 4) is 0 Å². The van der Waals surface area contributed by atoms with Crippen molar-refractivity contribution in [1.82, 2.24) is 0 Å². The van der Waals surface area contributed by atoms with Crippen LogP contribution in [0, 0.1) is 5.41 Å². The molecule has 0 saturated carbocycles. The summed E-state index contributed by atoms with van der Waals surface area (Å²) in [5, 5.41) is 9.17. The number of carboxylic acids is 1. The average Bonchev–Trinajstić information content (AvgIpc) is 2.37. The number of fused-ring (bicyclic) bond motifs is 1. The van der Waals surface area contributed by atoms with E-state index in [1.165, 1.54) is 24.0 Å². The van der Waals surface area contributed by atoms with Gasteiger partial charge in [-0.15, -0.1) is 0 Å². The summed E-state index contributed by atoms with van der Waals surface area (Å²) < 4.78 is 0. The maximum absolute atomic E-state index is 11.2. The van der Waals surface area contributed by atoms with Crippen LogP contribution in [0.25, 0.3) is 0 Å². The molecule has 1 atom stereocenters. The Hall–Kier alpha value is -1.35. The van der Waals surface area contributed by atoms with Gasteiger partial charge < -0.3 is 10.8 Å². The Bertz CT molecular complexity index is 480. The largest absolute Gasteiger partial charge is 0.481 e. The van der Waals surface area contributed by atoms with Crippen LogP contribution in [0.4, 0.5) is 0 Å². The van der Waals surface area contributed by atoms with Gasteiger partial charge in [-0.05, 0) is 62.6 Å². The van der Waals surface area contributed by atoms with Crippen molar-refractivity contribution in [2.45, 2.75) is 52.0 Å². The van der Waals surface area contributed by atoms with Gasteiger partial charge in [-0.25, -0.2) is 0 Å². The number of rotatable bonds is 4. The summed E-state index contributed by atoms with van der Waals surface area (Å²) in [5.74, 6) is -0.791. The van der Waals surface area contributed by atoms with E-state index in [1.54, 1.807) is 13.8 Å². The van der Waals surface area contributed by atoms with Gasteiger partial charge in [0.1, 0.15) is 0 Å². The van der Waals surface area contributed by atoms with Gasteiger partial charge in [-0.3, -0.25) is 4.79 Å². The Morgan fingerprint density at radius 3 is 2.58 bits per heavy atom. The molecule has 104 valence electrons. The first-order valence-corrected chi connectivity index (χ1v) is 7.01. The van der Waals surface area contributed by atoms with Crippen LogP contribution in [0.15, 0.2) is 18.2 Å². The lowest BCUT2D eigenvalue weighted by Gasteiger charge is -2.25. The molecule has 1 aromatic rings. The normalized spacial score (nSPS) is 16.8. The van der Waals surface area contributed by atoms with E-state index in [9.17, 15) is 9.90 Å². The smallest absolute Gasteiger partial charge is 0.309 e. The highest BCUT2D eigenvalue weighted by Crippen LogP contribution is 2.31. The van der Waals surface area contributed by atoms with Gasteiger partial charge in [0.05, 0.1) is 5.41 Å². The third-order valence-corrected chi connectivity index (χ3v) is 4.11. The number of benzene rings is 1. The number of carboxylic acid groups (broad SMARTS) is 1. The first-order chi connectivity index (χ1) is 8.90. The molecule has 3 N–H and O–H groups in total. The lowest BCUT2D eigenvalue weighted by Crippen LogP contribution is -2.29. The van der Waals surface area contributed by atoms with Gasteiger partial charge in [0.25, 0.3) is 0 Å². The highest BCUT2D eigenvalue weighted by atomic mass is 16.4. The minimum atomic E-state index is -0.791. The summed E-state index contributed by atoms with van der Waals surface area (Å²) in [5.41, 5.74) is 9.30. The van der Waals surface area contributed by atoms with Crippen molar-refractivity contribution >= 4 is 5.97 Å². The standard InChI is InChI=1S/C16H23NO2/c1-16(2,15(18)19)10-14(17)13-8-7-11-5-3-4-6-12(11)9-13/h7-9,14H,3-6,10,17H2,1-2H3,(H,18,19). The number of carbonyl (C=O) groups is 1. The number of hydrogen-bond acceptors (Lipinski definition) is 2. The Morgan fingerprint density at radius 1 is 1.32 bits per heavy atom. The number of aliphatic carboxylic acids is 1. The van der Waals surface area contributed by atoms with Gasteiger partial charge in [0, 0.05) is 6.04 Å². The summed E-state index contributed by atoms with van der Waals surface area (Å²) in [4.78, 5) is 11.2. The minimum absolute atomic E-state index is 0.210. The maximum atomic E-state index is 11.2. The molecule has 3 heteroatoms. The van der Waals surface area contributed by atoms with E-state index in [1.807, 2.05) is 0 Å². The maximum Gasteiger partial charge on any atom is 0.309 e. The van der Waals surface area contributed by atoms with Crippen molar-refractivity contribution in [2.75, 3.05) is 0 Å². The monoisotopic (exact) mass is 261 g/mol.